The van der Waals surface area contributed by atoms with Crippen molar-refractivity contribution in [2.24, 2.45) is 0 Å². The standard InChI is InChI=1S/C16H15BrN2O5/c1-9-6-11(3-5-13(9)17)24-8-15(22)18-19-16(23)12-4-2-10(20)7-14(12)21/h2-7,20-21H,8H2,1H3,(H,18,22)(H,19,23). The number of amides is 2. The quantitative estimate of drug-likeness (QED) is 0.593. The van der Waals surface area contributed by atoms with Gasteiger partial charge in [0.1, 0.15) is 17.2 Å². The molecule has 0 bridgehead atoms. The average Bonchev–Trinajstić information content (AvgIpc) is 2.53. The van der Waals surface area contributed by atoms with Gasteiger partial charge in [-0.05, 0) is 42.8 Å². The summed E-state index contributed by atoms with van der Waals surface area (Å²) in [6.45, 7) is 1.60. The number of aryl methyl sites for hydroxylation is 1. The molecule has 0 aliphatic heterocycles. The van der Waals surface area contributed by atoms with Crippen LogP contribution in [0.4, 0.5) is 0 Å². The number of phenolic OH excluding ortho intramolecular Hbond substituents is 2. The Morgan fingerprint density at radius 2 is 1.88 bits per heavy atom. The Labute approximate surface area is 146 Å². The topological polar surface area (TPSA) is 108 Å². The van der Waals surface area contributed by atoms with Gasteiger partial charge in [0.15, 0.2) is 6.61 Å². The minimum absolute atomic E-state index is 0.0856. The van der Waals surface area contributed by atoms with Crippen molar-refractivity contribution < 1.29 is 24.5 Å². The molecule has 0 atom stereocenters. The Bertz CT molecular complexity index is 779. The zero-order valence-corrected chi connectivity index (χ0v) is 14.3. The summed E-state index contributed by atoms with van der Waals surface area (Å²) in [6, 6.07) is 8.78. The van der Waals surface area contributed by atoms with E-state index in [9.17, 15) is 19.8 Å². The summed E-state index contributed by atoms with van der Waals surface area (Å²) in [5.74, 6) is -1.34. The van der Waals surface area contributed by atoms with Crippen LogP contribution in [0.15, 0.2) is 40.9 Å². The van der Waals surface area contributed by atoms with E-state index in [2.05, 4.69) is 26.8 Å². The smallest absolute Gasteiger partial charge is 0.276 e. The number of carbonyl (C=O) groups excluding carboxylic acids is 2. The van der Waals surface area contributed by atoms with Gasteiger partial charge in [-0.3, -0.25) is 20.4 Å². The van der Waals surface area contributed by atoms with Crippen molar-refractivity contribution in [1.82, 2.24) is 10.9 Å². The highest BCUT2D eigenvalue weighted by Crippen LogP contribution is 2.22. The molecule has 8 heteroatoms. The van der Waals surface area contributed by atoms with Crippen LogP contribution in [-0.4, -0.2) is 28.6 Å². The van der Waals surface area contributed by atoms with Crippen molar-refractivity contribution in [3.05, 3.63) is 52.0 Å². The SMILES string of the molecule is Cc1cc(OCC(=O)NNC(=O)c2ccc(O)cc2O)ccc1Br. The molecular formula is C16H15BrN2O5. The molecular weight excluding hydrogens is 380 g/mol. The highest BCUT2D eigenvalue weighted by atomic mass is 79.9. The van der Waals surface area contributed by atoms with Gasteiger partial charge in [-0.2, -0.15) is 0 Å². The van der Waals surface area contributed by atoms with Crippen molar-refractivity contribution in [3.8, 4) is 17.2 Å². The number of hydrazine groups is 1. The number of ether oxygens (including phenoxy) is 1. The molecule has 0 aliphatic carbocycles. The Morgan fingerprint density at radius 1 is 1.12 bits per heavy atom. The Hall–Kier alpha value is -2.74. The van der Waals surface area contributed by atoms with Gasteiger partial charge in [-0.15, -0.1) is 0 Å². The summed E-state index contributed by atoms with van der Waals surface area (Å²) in [4.78, 5) is 23.5. The molecule has 4 N–H and O–H groups in total. The molecule has 0 fully saturated rings. The number of hydrogen-bond donors (Lipinski definition) is 4. The summed E-state index contributed by atoms with van der Waals surface area (Å²) in [5.41, 5.74) is 5.20. The number of halogens is 1. The van der Waals surface area contributed by atoms with Gasteiger partial charge in [0.2, 0.25) is 0 Å². The summed E-state index contributed by atoms with van der Waals surface area (Å²) < 4.78 is 6.25. The number of benzene rings is 2. The molecule has 0 heterocycles. The maximum Gasteiger partial charge on any atom is 0.276 e. The van der Waals surface area contributed by atoms with Crippen LogP contribution in [0.25, 0.3) is 0 Å². The lowest BCUT2D eigenvalue weighted by atomic mass is 10.2. The van der Waals surface area contributed by atoms with E-state index >= 15 is 0 Å². The van der Waals surface area contributed by atoms with Crippen LogP contribution in [-0.2, 0) is 4.79 Å². The molecule has 0 radical (unpaired) electrons. The third-order valence-corrected chi connectivity index (χ3v) is 3.93. The van der Waals surface area contributed by atoms with Crippen molar-refractivity contribution >= 4 is 27.7 Å². The van der Waals surface area contributed by atoms with Gasteiger partial charge in [0, 0.05) is 10.5 Å². The largest absolute Gasteiger partial charge is 0.508 e. The number of rotatable bonds is 4. The van der Waals surface area contributed by atoms with E-state index in [0.717, 1.165) is 16.1 Å². The molecule has 0 aliphatic rings. The molecule has 2 rings (SSSR count). The highest BCUT2D eigenvalue weighted by Gasteiger charge is 2.12. The summed E-state index contributed by atoms with van der Waals surface area (Å²) >= 11 is 3.36. The minimum Gasteiger partial charge on any atom is -0.508 e. The zero-order chi connectivity index (χ0) is 17.7. The van der Waals surface area contributed by atoms with E-state index in [1.807, 2.05) is 6.92 Å². The van der Waals surface area contributed by atoms with Crippen molar-refractivity contribution in [2.45, 2.75) is 6.92 Å². The monoisotopic (exact) mass is 394 g/mol. The van der Waals surface area contributed by atoms with Gasteiger partial charge in [-0.1, -0.05) is 15.9 Å². The molecule has 0 saturated heterocycles. The van der Waals surface area contributed by atoms with Crippen LogP contribution in [0.5, 0.6) is 17.2 Å². The number of hydrogen-bond acceptors (Lipinski definition) is 5. The van der Waals surface area contributed by atoms with Crippen LogP contribution in [0.2, 0.25) is 0 Å². The fourth-order valence-electron chi connectivity index (χ4n) is 1.80. The second kappa shape index (κ2) is 7.69. The third kappa shape index (κ3) is 4.63. The maximum absolute atomic E-state index is 11.8. The fraction of sp³-hybridized carbons (Fsp3) is 0.125. The van der Waals surface area contributed by atoms with E-state index in [0.29, 0.717) is 5.75 Å². The first-order valence-electron chi connectivity index (χ1n) is 6.87. The van der Waals surface area contributed by atoms with Gasteiger partial charge in [-0.25, -0.2) is 0 Å². The van der Waals surface area contributed by atoms with Crippen LogP contribution in [0.1, 0.15) is 15.9 Å². The lowest BCUT2D eigenvalue weighted by Crippen LogP contribution is -2.43. The van der Waals surface area contributed by atoms with Crippen LogP contribution >= 0.6 is 15.9 Å². The maximum atomic E-state index is 11.8. The van der Waals surface area contributed by atoms with Gasteiger partial charge in [0.25, 0.3) is 11.8 Å². The summed E-state index contributed by atoms with van der Waals surface area (Å²) in [7, 11) is 0. The first kappa shape index (κ1) is 17.6. The lowest BCUT2D eigenvalue weighted by Gasteiger charge is -2.10. The summed E-state index contributed by atoms with van der Waals surface area (Å²) in [5, 5.41) is 18.7. The van der Waals surface area contributed by atoms with Crippen LogP contribution in [0.3, 0.4) is 0 Å². The number of carbonyl (C=O) groups is 2. The summed E-state index contributed by atoms with van der Waals surface area (Å²) in [6.07, 6.45) is 0. The molecule has 2 amide bonds. The molecule has 0 aromatic heterocycles. The van der Waals surface area contributed by atoms with E-state index in [4.69, 9.17) is 4.74 Å². The second-order valence-corrected chi connectivity index (χ2v) is 5.76. The fourth-order valence-corrected chi connectivity index (χ4v) is 2.04. The molecule has 0 saturated carbocycles. The Kier molecular flexibility index (Phi) is 5.64. The predicted molar refractivity (Wildman–Crippen MR) is 89.8 cm³/mol. The molecule has 2 aromatic rings. The van der Waals surface area contributed by atoms with E-state index in [1.165, 1.54) is 12.1 Å². The van der Waals surface area contributed by atoms with E-state index in [1.54, 1.807) is 18.2 Å². The molecule has 126 valence electrons. The van der Waals surface area contributed by atoms with Gasteiger partial charge in [0.05, 0.1) is 5.56 Å². The molecule has 0 unspecified atom stereocenters. The highest BCUT2D eigenvalue weighted by molar-refractivity contribution is 9.10. The molecule has 2 aromatic carbocycles. The van der Waals surface area contributed by atoms with Crippen LogP contribution < -0.4 is 15.6 Å². The number of phenols is 2. The third-order valence-electron chi connectivity index (χ3n) is 3.04. The predicted octanol–water partition coefficient (Wildman–Crippen LogP) is 2.01. The second-order valence-electron chi connectivity index (χ2n) is 4.90. The van der Waals surface area contributed by atoms with Crippen LogP contribution in [0, 0.1) is 6.92 Å². The van der Waals surface area contributed by atoms with E-state index in [-0.39, 0.29) is 17.9 Å². The Morgan fingerprint density at radius 3 is 2.54 bits per heavy atom. The average molecular weight is 395 g/mol. The van der Waals surface area contributed by atoms with Gasteiger partial charge >= 0.3 is 0 Å². The van der Waals surface area contributed by atoms with Gasteiger partial charge < -0.3 is 14.9 Å². The number of aromatic hydroxyl groups is 2. The lowest BCUT2D eigenvalue weighted by molar-refractivity contribution is -0.123. The van der Waals surface area contributed by atoms with Crippen molar-refractivity contribution in [1.29, 1.82) is 0 Å². The molecule has 24 heavy (non-hydrogen) atoms. The van der Waals surface area contributed by atoms with E-state index < -0.39 is 17.6 Å². The first-order valence-corrected chi connectivity index (χ1v) is 7.66. The normalized spacial score (nSPS) is 10.1. The first-order chi connectivity index (χ1) is 11.4. The molecule has 0 spiro atoms. The van der Waals surface area contributed by atoms with Crippen molar-refractivity contribution in [2.75, 3.05) is 6.61 Å². The Balaban J connectivity index is 1.84. The number of nitrogens with one attached hydrogen (secondary N) is 2. The van der Waals surface area contributed by atoms with Crippen molar-refractivity contribution in [3.63, 3.8) is 0 Å². The molecule has 7 nitrogen and oxygen atoms in total. The zero-order valence-electron chi connectivity index (χ0n) is 12.7. The minimum atomic E-state index is -0.722.